The summed E-state index contributed by atoms with van der Waals surface area (Å²) in [5.74, 6) is -0.0620. The first kappa shape index (κ1) is 22.9. The molecule has 1 fully saturated rings. The number of carbonyl (C=O) groups excluding carboxylic acids is 2. The minimum atomic E-state index is -0.505. The summed E-state index contributed by atoms with van der Waals surface area (Å²) in [6.45, 7) is 1.84. The molecule has 9 nitrogen and oxygen atoms in total. The summed E-state index contributed by atoms with van der Waals surface area (Å²) < 4.78 is 10.6. The monoisotopic (exact) mass is 489 g/mol. The number of carbonyl (C=O) groups is 2. The van der Waals surface area contributed by atoms with Crippen molar-refractivity contribution < 1.29 is 19.1 Å². The number of amides is 1. The Kier molecular flexibility index (Phi) is 6.37. The molecule has 10 heteroatoms. The van der Waals surface area contributed by atoms with E-state index in [1.54, 1.807) is 54.6 Å². The topological polar surface area (TPSA) is 108 Å². The van der Waals surface area contributed by atoms with Crippen LogP contribution >= 0.6 is 11.8 Å². The van der Waals surface area contributed by atoms with Crippen molar-refractivity contribution in [3.05, 3.63) is 65.2 Å². The van der Waals surface area contributed by atoms with Crippen LogP contribution in [0.1, 0.15) is 35.2 Å². The van der Waals surface area contributed by atoms with Crippen LogP contribution in [0.5, 0.6) is 11.5 Å². The van der Waals surface area contributed by atoms with Gasteiger partial charge < -0.3 is 14.4 Å². The molecule has 0 bridgehead atoms. The van der Waals surface area contributed by atoms with Gasteiger partial charge in [-0.3, -0.25) is 10.2 Å². The van der Waals surface area contributed by atoms with Crippen LogP contribution in [0.15, 0.2) is 64.2 Å². The molecule has 1 amide bonds. The molecule has 2 aromatic rings. The number of benzene rings is 2. The van der Waals surface area contributed by atoms with Crippen molar-refractivity contribution in [2.75, 3.05) is 20.2 Å². The van der Waals surface area contributed by atoms with E-state index >= 15 is 0 Å². The number of methoxy groups -OCH3 is 1. The maximum absolute atomic E-state index is 12.7. The molecule has 3 heterocycles. The van der Waals surface area contributed by atoms with Crippen LogP contribution in [0.2, 0.25) is 0 Å². The molecule has 0 atom stereocenters. The number of rotatable bonds is 4. The number of likely N-dealkylation sites (tertiary alicyclic amines) is 1. The Morgan fingerprint density at radius 3 is 2.57 bits per heavy atom. The van der Waals surface area contributed by atoms with Gasteiger partial charge in [0.25, 0.3) is 5.91 Å². The highest BCUT2D eigenvalue weighted by Gasteiger charge is 2.37. The second kappa shape index (κ2) is 9.75. The van der Waals surface area contributed by atoms with E-state index in [0.717, 1.165) is 31.1 Å². The normalized spacial score (nSPS) is 18.8. The van der Waals surface area contributed by atoms with Crippen molar-refractivity contribution >= 4 is 45.9 Å². The second-order valence-electron chi connectivity index (χ2n) is 8.14. The number of nitrogens with zero attached hydrogens (tertiary/aromatic N) is 4. The van der Waals surface area contributed by atoms with E-state index in [4.69, 9.17) is 14.9 Å². The van der Waals surface area contributed by atoms with Crippen LogP contribution in [0.3, 0.4) is 0 Å². The Labute approximate surface area is 206 Å². The molecule has 0 aliphatic carbocycles. The molecule has 5 rings (SSSR count). The molecule has 1 saturated heterocycles. The van der Waals surface area contributed by atoms with Crippen LogP contribution in [-0.2, 0) is 4.79 Å². The summed E-state index contributed by atoms with van der Waals surface area (Å²) in [6.07, 6.45) is 5.02. The number of hydrogen-bond donors (Lipinski definition) is 1. The number of esters is 1. The maximum Gasteiger partial charge on any atom is 0.343 e. The van der Waals surface area contributed by atoms with Gasteiger partial charge in [0.05, 0.1) is 18.2 Å². The van der Waals surface area contributed by atoms with Crippen LogP contribution < -0.4 is 9.47 Å². The molecule has 178 valence electrons. The maximum atomic E-state index is 12.7. The van der Waals surface area contributed by atoms with Crippen molar-refractivity contribution in [1.29, 1.82) is 5.41 Å². The summed E-state index contributed by atoms with van der Waals surface area (Å²) in [4.78, 5) is 31.4. The highest BCUT2D eigenvalue weighted by Crippen LogP contribution is 2.31. The minimum Gasteiger partial charge on any atom is -0.497 e. The van der Waals surface area contributed by atoms with Crippen molar-refractivity contribution in [2.24, 2.45) is 10.1 Å². The first-order valence-electron chi connectivity index (χ1n) is 11.2. The number of aliphatic imine (C=N–C) groups is 1. The van der Waals surface area contributed by atoms with Gasteiger partial charge in [0, 0.05) is 13.1 Å². The number of amidine groups is 3. The fraction of sp³-hybridized carbons (Fsp3) is 0.240. The van der Waals surface area contributed by atoms with Crippen LogP contribution in [0.25, 0.3) is 6.08 Å². The van der Waals surface area contributed by atoms with E-state index in [0.29, 0.717) is 27.8 Å². The third-order valence-electron chi connectivity index (χ3n) is 5.78. The molecule has 0 radical (unpaired) electrons. The van der Waals surface area contributed by atoms with Crippen molar-refractivity contribution in [2.45, 2.75) is 19.3 Å². The predicted octanol–water partition coefficient (Wildman–Crippen LogP) is 3.98. The first-order chi connectivity index (χ1) is 17.0. The van der Waals surface area contributed by atoms with Crippen LogP contribution in [-0.4, -0.2) is 58.2 Å². The quantitative estimate of drug-likeness (QED) is 0.393. The summed E-state index contributed by atoms with van der Waals surface area (Å²) >= 11 is 1.33. The molecule has 0 saturated carbocycles. The fourth-order valence-corrected chi connectivity index (χ4v) is 4.85. The van der Waals surface area contributed by atoms with Gasteiger partial charge in [-0.2, -0.15) is 10.0 Å². The Morgan fingerprint density at radius 1 is 1.06 bits per heavy atom. The highest BCUT2D eigenvalue weighted by atomic mass is 32.2. The molecule has 3 aliphatic rings. The smallest absolute Gasteiger partial charge is 0.343 e. The van der Waals surface area contributed by atoms with Gasteiger partial charge in [0.15, 0.2) is 11.0 Å². The minimum absolute atomic E-state index is 0.00645. The number of piperidine rings is 1. The van der Waals surface area contributed by atoms with E-state index in [1.807, 2.05) is 0 Å². The fourth-order valence-electron chi connectivity index (χ4n) is 3.91. The number of ether oxygens (including phenoxy) is 2. The van der Waals surface area contributed by atoms with Gasteiger partial charge in [0.2, 0.25) is 5.17 Å². The molecule has 0 unspecified atom stereocenters. The van der Waals surface area contributed by atoms with Gasteiger partial charge in [-0.1, -0.05) is 18.2 Å². The van der Waals surface area contributed by atoms with Gasteiger partial charge in [-0.25, -0.2) is 4.79 Å². The predicted molar refractivity (Wildman–Crippen MR) is 135 cm³/mol. The SMILES string of the molecule is COc1cccc(C(=O)Oc2ccc(/C=C3\C(=N)N4N=C(N5CCCCC5)SC4=NC3=O)cc2)c1. The summed E-state index contributed by atoms with van der Waals surface area (Å²) in [5.41, 5.74) is 1.20. The zero-order valence-electron chi connectivity index (χ0n) is 19.1. The zero-order valence-corrected chi connectivity index (χ0v) is 19.9. The molecule has 0 spiro atoms. The van der Waals surface area contributed by atoms with E-state index in [-0.39, 0.29) is 11.4 Å². The van der Waals surface area contributed by atoms with E-state index in [1.165, 1.54) is 30.3 Å². The lowest BCUT2D eigenvalue weighted by atomic mass is 10.1. The average molecular weight is 490 g/mol. The summed E-state index contributed by atoms with van der Waals surface area (Å²) in [6, 6.07) is 13.4. The standard InChI is InChI=1S/C25H23N5O4S/c1-33-19-7-5-6-17(15-19)23(32)34-18-10-8-16(9-11-18)14-20-21(26)30-24(27-22(20)31)35-25(28-30)29-12-3-2-4-13-29/h5-11,14-15,26H,2-4,12-13H2,1H3/b20-14+,26-21?. The Bertz CT molecular complexity index is 1280. The zero-order chi connectivity index (χ0) is 24.4. The average Bonchev–Trinajstić information content (AvgIpc) is 3.32. The van der Waals surface area contributed by atoms with Crippen molar-refractivity contribution in [3.63, 3.8) is 0 Å². The lowest BCUT2D eigenvalue weighted by Crippen LogP contribution is -2.35. The molecule has 35 heavy (non-hydrogen) atoms. The van der Waals surface area contributed by atoms with E-state index in [2.05, 4.69) is 15.0 Å². The molecular weight excluding hydrogens is 466 g/mol. The van der Waals surface area contributed by atoms with Gasteiger partial charge in [-0.05, 0) is 73.0 Å². The van der Waals surface area contributed by atoms with Gasteiger partial charge in [0.1, 0.15) is 11.5 Å². The van der Waals surface area contributed by atoms with Crippen LogP contribution in [0.4, 0.5) is 0 Å². The molecule has 2 aromatic carbocycles. The highest BCUT2D eigenvalue weighted by molar-refractivity contribution is 8.26. The van der Waals surface area contributed by atoms with Gasteiger partial charge in [-0.15, -0.1) is 5.10 Å². The Balaban J connectivity index is 1.30. The lowest BCUT2D eigenvalue weighted by Gasteiger charge is -2.26. The van der Waals surface area contributed by atoms with E-state index < -0.39 is 11.9 Å². The van der Waals surface area contributed by atoms with Crippen molar-refractivity contribution in [3.8, 4) is 11.5 Å². The molecule has 1 N–H and O–H groups in total. The second-order valence-corrected chi connectivity index (χ2v) is 9.08. The van der Waals surface area contributed by atoms with Crippen molar-refractivity contribution in [1.82, 2.24) is 9.91 Å². The summed E-state index contributed by atoms with van der Waals surface area (Å²) in [5, 5.41) is 15.7. The summed E-state index contributed by atoms with van der Waals surface area (Å²) in [7, 11) is 1.53. The Morgan fingerprint density at radius 2 is 1.83 bits per heavy atom. The van der Waals surface area contributed by atoms with Gasteiger partial charge >= 0.3 is 5.97 Å². The van der Waals surface area contributed by atoms with Crippen LogP contribution in [0, 0.1) is 5.41 Å². The number of thioether (sulfide) groups is 1. The number of fused-ring (bicyclic) bond motifs is 1. The number of hydrazone groups is 1. The molecular formula is C25H23N5O4S. The largest absolute Gasteiger partial charge is 0.497 e. The molecule has 0 aromatic heterocycles. The molecule has 3 aliphatic heterocycles. The first-order valence-corrected chi connectivity index (χ1v) is 12.0. The number of nitrogens with one attached hydrogen (secondary N) is 1. The lowest BCUT2D eigenvalue weighted by molar-refractivity contribution is -0.114. The Hall–Kier alpha value is -3.92. The number of hydrogen-bond acceptors (Lipinski definition) is 8. The van der Waals surface area contributed by atoms with E-state index in [9.17, 15) is 9.59 Å². The third-order valence-corrected chi connectivity index (χ3v) is 6.75. The third kappa shape index (κ3) is 4.83.